The number of nitrogens with two attached hydrogens (primary N) is 1. The van der Waals surface area contributed by atoms with E-state index in [1.807, 2.05) is 24.4 Å². The minimum atomic E-state index is 0.0924. The maximum absolute atomic E-state index is 5.86. The minimum absolute atomic E-state index is 0.0924. The van der Waals surface area contributed by atoms with Gasteiger partial charge in [0.25, 0.3) is 0 Å². The number of imidazole rings is 1. The quantitative estimate of drug-likeness (QED) is 0.815. The first kappa shape index (κ1) is 11.4. The van der Waals surface area contributed by atoms with Crippen LogP contribution in [-0.2, 0) is 6.42 Å². The highest BCUT2D eigenvalue weighted by Gasteiger charge is 2.34. The summed E-state index contributed by atoms with van der Waals surface area (Å²) >= 11 is 0. The average molecular weight is 243 g/mol. The highest BCUT2D eigenvalue weighted by atomic mass is 15.2. The number of nitrogens with zero attached hydrogens (tertiary/aromatic N) is 3. The molecule has 1 aliphatic rings. The van der Waals surface area contributed by atoms with Gasteiger partial charge in [-0.1, -0.05) is 6.07 Å². The molecule has 5 nitrogen and oxygen atoms in total. The molecule has 0 aromatic carbocycles. The smallest absolute Gasteiger partial charge is 0.0968 e. The van der Waals surface area contributed by atoms with Crippen molar-refractivity contribution in [2.75, 3.05) is 13.6 Å². The normalized spacial score (nSPS) is 23.9. The fourth-order valence-electron chi connectivity index (χ4n) is 2.65. The lowest BCUT2D eigenvalue weighted by atomic mass is 9.94. The van der Waals surface area contributed by atoms with Gasteiger partial charge in [0.15, 0.2) is 0 Å². The van der Waals surface area contributed by atoms with E-state index in [1.165, 1.54) is 5.69 Å². The molecule has 0 amide bonds. The molecule has 2 aromatic heterocycles. The van der Waals surface area contributed by atoms with E-state index in [0.29, 0.717) is 12.6 Å². The number of hydrogen-bond donors (Lipinski definition) is 2. The Bertz CT molecular complexity index is 521. The van der Waals surface area contributed by atoms with E-state index in [4.69, 9.17) is 5.73 Å². The number of aromatic amines is 1. The van der Waals surface area contributed by atoms with Gasteiger partial charge in [0.05, 0.1) is 23.8 Å². The van der Waals surface area contributed by atoms with Gasteiger partial charge in [-0.15, -0.1) is 0 Å². The van der Waals surface area contributed by atoms with Crippen LogP contribution in [0.1, 0.15) is 23.1 Å². The van der Waals surface area contributed by atoms with E-state index in [-0.39, 0.29) is 6.04 Å². The number of likely N-dealkylation sites (N-methyl/N-ethyl adjacent to an activating group) is 1. The van der Waals surface area contributed by atoms with Gasteiger partial charge in [-0.2, -0.15) is 0 Å². The Morgan fingerprint density at radius 2 is 2.33 bits per heavy atom. The molecular weight excluding hydrogens is 226 g/mol. The number of hydrogen-bond acceptors (Lipinski definition) is 4. The molecule has 0 fully saturated rings. The lowest BCUT2D eigenvalue weighted by molar-refractivity contribution is 0.177. The second-order valence-corrected chi connectivity index (χ2v) is 4.68. The van der Waals surface area contributed by atoms with E-state index in [1.54, 1.807) is 6.33 Å². The molecule has 2 unspecified atom stereocenters. The first-order valence-corrected chi connectivity index (χ1v) is 6.16. The van der Waals surface area contributed by atoms with Crippen molar-refractivity contribution in [1.29, 1.82) is 0 Å². The highest BCUT2D eigenvalue weighted by Crippen LogP contribution is 2.33. The van der Waals surface area contributed by atoms with Crippen LogP contribution in [0.25, 0.3) is 0 Å². The summed E-state index contributed by atoms with van der Waals surface area (Å²) in [6, 6.07) is 6.39. The van der Waals surface area contributed by atoms with Crippen LogP contribution in [0.15, 0.2) is 30.7 Å². The molecule has 0 bridgehead atoms. The van der Waals surface area contributed by atoms with Crippen molar-refractivity contribution < 1.29 is 0 Å². The zero-order valence-corrected chi connectivity index (χ0v) is 10.4. The molecular formula is C13H17N5. The van der Waals surface area contributed by atoms with Gasteiger partial charge in [-0.3, -0.25) is 9.88 Å². The third-order valence-electron chi connectivity index (χ3n) is 3.67. The van der Waals surface area contributed by atoms with Crippen LogP contribution in [0, 0.1) is 0 Å². The third-order valence-corrected chi connectivity index (χ3v) is 3.67. The summed E-state index contributed by atoms with van der Waals surface area (Å²) in [6.07, 6.45) is 4.50. The number of rotatable bonds is 2. The predicted molar refractivity (Wildman–Crippen MR) is 69.0 cm³/mol. The van der Waals surface area contributed by atoms with Crippen molar-refractivity contribution in [2.24, 2.45) is 5.73 Å². The summed E-state index contributed by atoms with van der Waals surface area (Å²) in [6.45, 7) is 0.637. The van der Waals surface area contributed by atoms with Crippen molar-refractivity contribution in [3.05, 3.63) is 47.8 Å². The molecule has 0 saturated carbocycles. The zero-order valence-electron chi connectivity index (χ0n) is 10.4. The van der Waals surface area contributed by atoms with Gasteiger partial charge in [0, 0.05) is 30.9 Å². The summed E-state index contributed by atoms with van der Waals surface area (Å²) in [4.78, 5) is 14.4. The van der Waals surface area contributed by atoms with Gasteiger partial charge in [-0.05, 0) is 19.2 Å². The van der Waals surface area contributed by atoms with Gasteiger partial charge >= 0.3 is 0 Å². The second-order valence-electron chi connectivity index (χ2n) is 4.68. The zero-order chi connectivity index (χ0) is 12.5. The Morgan fingerprint density at radius 1 is 1.44 bits per heavy atom. The molecule has 2 atom stereocenters. The summed E-state index contributed by atoms with van der Waals surface area (Å²) in [5.74, 6) is 0. The fraction of sp³-hybridized carbons (Fsp3) is 0.385. The molecule has 1 aliphatic heterocycles. The highest BCUT2D eigenvalue weighted by molar-refractivity contribution is 5.29. The molecule has 0 spiro atoms. The largest absolute Gasteiger partial charge is 0.348 e. The maximum atomic E-state index is 5.86. The van der Waals surface area contributed by atoms with Crippen LogP contribution < -0.4 is 5.73 Å². The molecule has 0 aliphatic carbocycles. The number of pyridine rings is 1. The summed E-state index contributed by atoms with van der Waals surface area (Å²) in [5.41, 5.74) is 9.13. The molecule has 3 heterocycles. The summed E-state index contributed by atoms with van der Waals surface area (Å²) in [5, 5.41) is 0. The molecule has 94 valence electrons. The maximum Gasteiger partial charge on any atom is 0.0968 e. The molecule has 3 N–H and O–H groups in total. The lowest BCUT2D eigenvalue weighted by Crippen LogP contribution is -2.46. The molecule has 2 aromatic rings. The van der Waals surface area contributed by atoms with E-state index in [9.17, 15) is 0 Å². The average Bonchev–Trinajstić information content (AvgIpc) is 2.86. The number of nitrogens with one attached hydrogen (secondary N) is 1. The summed E-state index contributed by atoms with van der Waals surface area (Å²) in [7, 11) is 2.09. The molecule has 18 heavy (non-hydrogen) atoms. The van der Waals surface area contributed by atoms with Gasteiger partial charge in [0.1, 0.15) is 0 Å². The lowest BCUT2D eigenvalue weighted by Gasteiger charge is -2.37. The monoisotopic (exact) mass is 243 g/mol. The number of H-pyrrole nitrogens is 1. The SMILES string of the molecule is CN1C(CN)Cc2[nH]cnc2C1c1ccccn1. The van der Waals surface area contributed by atoms with Crippen LogP contribution in [0.5, 0.6) is 0 Å². The van der Waals surface area contributed by atoms with Gasteiger partial charge in [0.2, 0.25) is 0 Å². The topological polar surface area (TPSA) is 70.8 Å². The van der Waals surface area contributed by atoms with Crippen LogP contribution >= 0.6 is 0 Å². The van der Waals surface area contributed by atoms with Crippen LogP contribution in [0.3, 0.4) is 0 Å². The number of fused-ring (bicyclic) bond motifs is 1. The molecule has 3 rings (SSSR count). The van der Waals surface area contributed by atoms with Crippen molar-refractivity contribution >= 4 is 0 Å². The van der Waals surface area contributed by atoms with Crippen molar-refractivity contribution in [2.45, 2.75) is 18.5 Å². The van der Waals surface area contributed by atoms with E-state index < -0.39 is 0 Å². The predicted octanol–water partition coefficient (Wildman–Crippen LogP) is 0.709. The Hall–Kier alpha value is -1.72. The van der Waals surface area contributed by atoms with E-state index >= 15 is 0 Å². The van der Waals surface area contributed by atoms with Gasteiger partial charge in [-0.25, -0.2) is 4.98 Å². The third kappa shape index (κ3) is 1.72. The Kier molecular flexibility index (Phi) is 2.85. The van der Waals surface area contributed by atoms with Crippen LogP contribution in [0.2, 0.25) is 0 Å². The first-order chi connectivity index (χ1) is 8.81. The minimum Gasteiger partial charge on any atom is -0.348 e. The summed E-state index contributed by atoms with van der Waals surface area (Å²) < 4.78 is 0. The van der Waals surface area contributed by atoms with E-state index in [0.717, 1.165) is 17.8 Å². The van der Waals surface area contributed by atoms with Crippen molar-refractivity contribution in [1.82, 2.24) is 19.9 Å². The van der Waals surface area contributed by atoms with Crippen molar-refractivity contribution in [3.63, 3.8) is 0 Å². The Morgan fingerprint density at radius 3 is 3.06 bits per heavy atom. The molecule has 0 radical (unpaired) electrons. The van der Waals surface area contributed by atoms with E-state index in [2.05, 4.69) is 26.9 Å². The number of aromatic nitrogens is 3. The van der Waals surface area contributed by atoms with Crippen LogP contribution in [-0.4, -0.2) is 39.5 Å². The van der Waals surface area contributed by atoms with Gasteiger partial charge < -0.3 is 10.7 Å². The molecule has 5 heteroatoms. The first-order valence-electron chi connectivity index (χ1n) is 6.16. The van der Waals surface area contributed by atoms with Crippen LogP contribution in [0.4, 0.5) is 0 Å². The fourth-order valence-corrected chi connectivity index (χ4v) is 2.65. The standard InChI is InChI=1S/C13H17N5/c1-18-9(7-14)6-11-12(17-8-16-11)13(18)10-4-2-3-5-15-10/h2-5,8-9,13H,6-7,14H2,1H3,(H,16,17). The Labute approximate surface area is 106 Å². The Balaban J connectivity index is 2.07. The molecule has 0 saturated heterocycles. The second kappa shape index (κ2) is 4.51. The van der Waals surface area contributed by atoms with Crippen molar-refractivity contribution in [3.8, 4) is 0 Å².